The van der Waals surface area contributed by atoms with Crippen LogP contribution in [0.5, 0.6) is 0 Å². The molecule has 0 radical (unpaired) electrons. The summed E-state index contributed by atoms with van der Waals surface area (Å²) in [5.74, 6) is 0.297. The molecule has 0 bridgehead atoms. The average Bonchev–Trinajstić information content (AvgIpc) is 2.97. The number of hydrogen-bond donors (Lipinski definition) is 1. The molecule has 250 valence electrons. The van der Waals surface area contributed by atoms with Gasteiger partial charge in [-0.15, -0.1) is 0 Å². The molecule has 0 aromatic rings. The molecular formula is C37H72O5. The van der Waals surface area contributed by atoms with Crippen molar-refractivity contribution >= 4 is 11.9 Å². The number of esters is 2. The van der Waals surface area contributed by atoms with Gasteiger partial charge in [0.25, 0.3) is 0 Å². The molecule has 0 fully saturated rings. The maximum Gasteiger partial charge on any atom is 0.305 e. The molecule has 0 aliphatic carbocycles. The van der Waals surface area contributed by atoms with Gasteiger partial charge >= 0.3 is 11.9 Å². The summed E-state index contributed by atoms with van der Waals surface area (Å²) >= 11 is 0. The van der Waals surface area contributed by atoms with E-state index in [1.54, 1.807) is 0 Å². The van der Waals surface area contributed by atoms with E-state index < -0.39 is 6.10 Å². The summed E-state index contributed by atoms with van der Waals surface area (Å²) in [5.41, 5.74) is 0. The van der Waals surface area contributed by atoms with Gasteiger partial charge in [0.05, 0.1) is 0 Å². The molecule has 0 aromatic carbocycles. The van der Waals surface area contributed by atoms with E-state index >= 15 is 0 Å². The Hall–Kier alpha value is -1.10. The second-order valence-corrected chi connectivity index (χ2v) is 13.2. The van der Waals surface area contributed by atoms with Gasteiger partial charge in [0, 0.05) is 12.8 Å². The van der Waals surface area contributed by atoms with Crippen molar-refractivity contribution in [2.45, 2.75) is 207 Å². The Morgan fingerprint density at radius 1 is 0.476 bits per heavy atom. The lowest BCUT2D eigenvalue weighted by atomic mass is 10.0. The zero-order valence-electron chi connectivity index (χ0n) is 28.4. The molecule has 0 aliphatic heterocycles. The molecule has 0 unspecified atom stereocenters. The van der Waals surface area contributed by atoms with Gasteiger partial charge in [-0.05, 0) is 18.8 Å². The van der Waals surface area contributed by atoms with Gasteiger partial charge in [-0.1, -0.05) is 175 Å². The molecular weight excluding hydrogens is 524 g/mol. The van der Waals surface area contributed by atoms with E-state index in [4.69, 9.17) is 9.47 Å². The first kappa shape index (κ1) is 40.9. The number of ether oxygens (including phenoxy) is 2. The van der Waals surface area contributed by atoms with E-state index in [1.807, 2.05) is 0 Å². The van der Waals surface area contributed by atoms with Gasteiger partial charge in [0.1, 0.15) is 19.3 Å². The minimum Gasteiger partial charge on any atom is -0.463 e. The smallest absolute Gasteiger partial charge is 0.305 e. The summed E-state index contributed by atoms with van der Waals surface area (Å²) < 4.78 is 10.3. The van der Waals surface area contributed by atoms with E-state index in [0.717, 1.165) is 31.6 Å². The number of carbonyl (C=O) groups is 2. The molecule has 5 nitrogen and oxygen atoms in total. The van der Waals surface area contributed by atoms with Gasteiger partial charge in [-0.2, -0.15) is 0 Å². The fraction of sp³-hybridized carbons (Fsp3) is 0.946. The molecule has 1 N–H and O–H groups in total. The van der Waals surface area contributed by atoms with Crippen molar-refractivity contribution in [2.75, 3.05) is 13.2 Å². The topological polar surface area (TPSA) is 72.8 Å². The van der Waals surface area contributed by atoms with Gasteiger partial charge in [0.2, 0.25) is 0 Å². The predicted molar refractivity (Wildman–Crippen MR) is 178 cm³/mol. The second-order valence-electron chi connectivity index (χ2n) is 13.2. The van der Waals surface area contributed by atoms with Crippen LogP contribution in [0.3, 0.4) is 0 Å². The molecule has 1 atom stereocenters. The van der Waals surface area contributed by atoms with Crippen molar-refractivity contribution in [2.24, 2.45) is 5.92 Å². The van der Waals surface area contributed by atoms with E-state index in [9.17, 15) is 14.7 Å². The van der Waals surface area contributed by atoms with Crippen molar-refractivity contribution in [1.82, 2.24) is 0 Å². The lowest BCUT2D eigenvalue weighted by Gasteiger charge is -2.12. The minimum atomic E-state index is -0.954. The first-order valence-corrected chi connectivity index (χ1v) is 18.4. The molecule has 0 saturated heterocycles. The Bertz CT molecular complexity index is 577. The monoisotopic (exact) mass is 597 g/mol. The van der Waals surface area contributed by atoms with Crippen molar-refractivity contribution in [3.63, 3.8) is 0 Å². The van der Waals surface area contributed by atoms with Gasteiger partial charge in [-0.25, -0.2) is 0 Å². The van der Waals surface area contributed by atoms with Crippen LogP contribution >= 0.6 is 0 Å². The predicted octanol–water partition coefficient (Wildman–Crippen LogP) is 11.0. The normalized spacial score (nSPS) is 12.1. The van der Waals surface area contributed by atoms with E-state index in [0.29, 0.717) is 12.8 Å². The van der Waals surface area contributed by atoms with Crippen LogP contribution in [0.25, 0.3) is 0 Å². The molecule has 0 aliphatic rings. The van der Waals surface area contributed by atoms with Crippen LogP contribution in [0.2, 0.25) is 0 Å². The molecule has 0 amide bonds. The molecule has 0 rings (SSSR count). The lowest BCUT2D eigenvalue weighted by molar-refractivity contribution is -0.152. The van der Waals surface area contributed by atoms with Crippen LogP contribution in [-0.2, 0) is 19.1 Å². The van der Waals surface area contributed by atoms with Crippen LogP contribution in [0.1, 0.15) is 201 Å². The van der Waals surface area contributed by atoms with Gasteiger partial charge in [0.15, 0.2) is 0 Å². The van der Waals surface area contributed by atoms with E-state index in [2.05, 4.69) is 20.8 Å². The maximum atomic E-state index is 11.9. The van der Waals surface area contributed by atoms with Crippen molar-refractivity contribution in [3.8, 4) is 0 Å². The third-order valence-corrected chi connectivity index (χ3v) is 8.27. The maximum absolute atomic E-state index is 11.9. The third kappa shape index (κ3) is 33.4. The summed E-state index contributed by atoms with van der Waals surface area (Å²) in [5, 5.41) is 9.97. The SMILES string of the molecule is CCCCCCCCCCCCCC(=O)OC[C@H](O)COC(=O)CCCCCCCCCCCCCCCCC(C)C. The number of unbranched alkanes of at least 4 members (excludes halogenated alkanes) is 23. The highest BCUT2D eigenvalue weighted by atomic mass is 16.6. The van der Waals surface area contributed by atoms with E-state index in [-0.39, 0.29) is 25.2 Å². The van der Waals surface area contributed by atoms with Crippen LogP contribution in [-0.4, -0.2) is 36.4 Å². The Morgan fingerprint density at radius 2 is 0.762 bits per heavy atom. The van der Waals surface area contributed by atoms with Crippen molar-refractivity contribution in [1.29, 1.82) is 0 Å². The van der Waals surface area contributed by atoms with Gasteiger partial charge in [-0.3, -0.25) is 9.59 Å². The van der Waals surface area contributed by atoms with Crippen LogP contribution in [0.4, 0.5) is 0 Å². The summed E-state index contributed by atoms with van der Waals surface area (Å²) in [6, 6.07) is 0. The Labute approximate surface area is 261 Å². The minimum absolute atomic E-state index is 0.108. The zero-order valence-corrected chi connectivity index (χ0v) is 28.4. The van der Waals surface area contributed by atoms with Crippen LogP contribution < -0.4 is 0 Å². The molecule has 5 heteroatoms. The number of hydrogen-bond acceptors (Lipinski definition) is 5. The quantitative estimate of drug-likeness (QED) is 0.0602. The molecule has 0 aromatic heterocycles. The number of aliphatic hydroxyl groups excluding tert-OH is 1. The largest absolute Gasteiger partial charge is 0.463 e. The van der Waals surface area contributed by atoms with Gasteiger partial charge < -0.3 is 14.6 Å². The standard InChI is InChI=1S/C37H72O5/c1-4-5-6-7-8-9-14-18-21-24-27-30-36(39)41-32-35(38)33-42-37(40)31-28-25-22-19-16-13-11-10-12-15-17-20-23-26-29-34(2)3/h34-35,38H,4-33H2,1-3H3/t35-/m0/s1. The fourth-order valence-electron chi connectivity index (χ4n) is 5.45. The average molecular weight is 597 g/mol. The highest BCUT2D eigenvalue weighted by Crippen LogP contribution is 2.15. The Morgan fingerprint density at radius 3 is 1.07 bits per heavy atom. The zero-order chi connectivity index (χ0) is 30.9. The van der Waals surface area contributed by atoms with Crippen LogP contribution in [0.15, 0.2) is 0 Å². The first-order valence-electron chi connectivity index (χ1n) is 18.4. The molecule has 0 saturated carbocycles. The fourth-order valence-corrected chi connectivity index (χ4v) is 5.45. The van der Waals surface area contributed by atoms with Crippen molar-refractivity contribution in [3.05, 3.63) is 0 Å². The van der Waals surface area contributed by atoms with Crippen LogP contribution in [0, 0.1) is 5.92 Å². The molecule has 0 spiro atoms. The Kier molecular flexibility index (Phi) is 31.9. The number of carbonyl (C=O) groups excluding carboxylic acids is 2. The van der Waals surface area contributed by atoms with E-state index in [1.165, 1.54) is 141 Å². The molecule has 42 heavy (non-hydrogen) atoms. The first-order chi connectivity index (χ1) is 20.5. The highest BCUT2D eigenvalue weighted by Gasteiger charge is 2.12. The summed E-state index contributed by atoms with van der Waals surface area (Å²) in [6.45, 7) is 6.66. The summed E-state index contributed by atoms with van der Waals surface area (Å²) in [6.07, 6.45) is 32.9. The van der Waals surface area contributed by atoms with Crippen molar-refractivity contribution < 1.29 is 24.2 Å². The Balaban J connectivity index is 3.38. The number of aliphatic hydroxyl groups is 1. The lowest BCUT2D eigenvalue weighted by Crippen LogP contribution is -2.25. The summed E-state index contributed by atoms with van der Waals surface area (Å²) in [7, 11) is 0. The summed E-state index contributed by atoms with van der Waals surface area (Å²) in [4.78, 5) is 23.8. The second kappa shape index (κ2) is 32.8. The highest BCUT2D eigenvalue weighted by molar-refractivity contribution is 5.69. The molecule has 0 heterocycles. The number of rotatable bonds is 33. The third-order valence-electron chi connectivity index (χ3n) is 8.27.